The number of ether oxygens (including phenoxy) is 1. The highest BCUT2D eigenvalue weighted by Crippen LogP contribution is 2.22. The fourth-order valence-electron chi connectivity index (χ4n) is 2.54. The number of rotatable bonds is 3. The Bertz CT molecular complexity index is 315. The highest BCUT2D eigenvalue weighted by atomic mass is 16.5. The molecule has 2 saturated heterocycles. The largest absolute Gasteiger partial charge is 0.480 e. The van der Waals surface area contributed by atoms with Gasteiger partial charge in [0.05, 0.1) is 12.1 Å². The highest BCUT2D eigenvalue weighted by molar-refractivity contribution is 5.88. The Hall–Kier alpha value is -1.14. The molecule has 2 aliphatic heterocycles. The van der Waals surface area contributed by atoms with Gasteiger partial charge < -0.3 is 20.1 Å². The first kappa shape index (κ1) is 12.3. The minimum absolute atomic E-state index is 0.102. The number of carboxylic acid groups (broad SMARTS) is 1. The fraction of sp³-hybridized carbons (Fsp3) is 0.818. The molecule has 0 aromatic carbocycles. The van der Waals surface area contributed by atoms with Crippen LogP contribution < -0.4 is 5.32 Å². The first-order valence-electron chi connectivity index (χ1n) is 5.93. The number of methoxy groups -OCH3 is 1. The van der Waals surface area contributed by atoms with Gasteiger partial charge in [0.15, 0.2) is 0 Å². The summed E-state index contributed by atoms with van der Waals surface area (Å²) < 4.78 is 5.16. The highest BCUT2D eigenvalue weighted by Gasteiger charge is 2.42. The first-order chi connectivity index (χ1) is 8.13. The number of amides is 1. The zero-order chi connectivity index (χ0) is 12.4. The number of carbonyl (C=O) groups is 2. The summed E-state index contributed by atoms with van der Waals surface area (Å²) in [5.41, 5.74) is 0. The average molecular weight is 242 g/mol. The quantitative estimate of drug-likeness (QED) is 0.693. The van der Waals surface area contributed by atoms with Crippen molar-refractivity contribution in [1.29, 1.82) is 0 Å². The lowest BCUT2D eigenvalue weighted by molar-refractivity contribution is -0.148. The Balaban J connectivity index is 2.06. The van der Waals surface area contributed by atoms with Crippen LogP contribution in [0.1, 0.15) is 19.3 Å². The molecule has 0 aliphatic carbocycles. The number of carbonyl (C=O) groups excluding carboxylic acids is 1. The summed E-state index contributed by atoms with van der Waals surface area (Å²) in [5, 5.41) is 12.2. The number of likely N-dealkylation sites (tertiary alicyclic amines) is 1. The van der Waals surface area contributed by atoms with Gasteiger partial charge in [-0.1, -0.05) is 0 Å². The fourth-order valence-corrected chi connectivity index (χ4v) is 2.54. The van der Waals surface area contributed by atoms with E-state index in [0.717, 1.165) is 19.4 Å². The van der Waals surface area contributed by atoms with Gasteiger partial charge in [0.25, 0.3) is 0 Å². The molecule has 6 nitrogen and oxygen atoms in total. The number of hydrogen-bond donors (Lipinski definition) is 2. The molecule has 0 radical (unpaired) electrons. The van der Waals surface area contributed by atoms with Gasteiger partial charge in [-0.25, -0.2) is 4.79 Å². The predicted molar refractivity (Wildman–Crippen MR) is 59.6 cm³/mol. The Labute approximate surface area is 99.9 Å². The Morgan fingerprint density at radius 3 is 2.76 bits per heavy atom. The smallest absolute Gasteiger partial charge is 0.326 e. The zero-order valence-electron chi connectivity index (χ0n) is 9.89. The molecular formula is C11H18N2O4. The van der Waals surface area contributed by atoms with Crippen LogP contribution in [0.15, 0.2) is 0 Å². The van der Waals surface area contributed by atoms with Crippen molar-refractivity contribution in [2.75, 3.05) is 20.2 Å². The maximum Gasteiger partial charge on any atom is 0.326 e. The summed E-state index contributed by atoms with van der Waals surface area (Å²) >= 11 is 0. The third kappa shape index (κ3) is 2.42. The average Bonchev–Trinajstić information content (AvgIpc) is 2.97. The van der Waals surface area contributed by atoms with Crippen molar-refractivity contribution in [3.8, 4) is 0 Å². The van der Waals surface area contributed by atoms with E-state index in [0.29, 0.717) is 13.0 Å². The third-order valence-corrected chi connectivity index (χ3v) is 3.52. The van der Waals surface area contributed by atoms with Crippen molar-refractivity contribution in [3.63, 3.8) is 0 Å². The molecule has 2 heterocycles. The lowest BCUT2D eigenvalue weighted by atomic mass is 10.1. The monoisotopic (exact) mass is 242 g/mol. The summed E-state index contributed by atoms with van der Waals surface area (Å²) in [6, 6.07) is -0.956. The maximum atomic E-state index is 12.2. The van der Waals surface area contributed by atoms with Gasteiger partial charge in [0.2, 0.25) is 5.91 Å². The molecule has 0 aromatic heterocycles. The van der Waals surface area contributed by atoms with Crippen molar-refractivity contribution in [2.45, 2.75) is 37.5 Å². The minimum Gasteiger partial charge on any atom is -0.480 e. The third-order valence-electron chi connectivity index (χ3n) is 3.52. The molecule has 3 unspecified atom stereocenters. The maximum absolute atomic E-state index is 12.2. The molecule has 2 rings (SSSR count). The molecule has 6 heteroatoms. The Kier molecular flexibility index (Phi) is 3.63. The molecule has 3 atom stereocenters. The topological polar surface area (TPSA) is 78.9 Å². The molecule has 0 saturated carbocycles. The van der Waals surface area contributed by atoms with Crippen LogP contribution in [0.25, 0.3) is 0 Å². The second-order valence-corrected chi connectivity index (χ2v) is 4.59. The van der Waals surface area contributed by atoms with E-state index >= 15 is 0 Å². The predicted octanol–water partition coefficient (Wildman–Crippen LogP) is -0.561. The molecule has 2 aliphatic rings. The van der Waals surface area contributed by atoms with Gasteiger partial charge in [-0.15, -0.1) is 0 Å². The van der Waals surface area contributed by atoms with E-state index in [4.69, 9.17) is 9.84 Å². The van der Waals surface area contributed by atoms with Crippen LogP contribution in [0, 0.1) is 0 Å². The van der Waals surface area contributed by atoms with Crippen molar-refractivity contribution >= 4 is 11.9 Å². The van der Waals surface area contributed by atoms with E-state index in [9.17, 15) is 9.59 Å². The normalized spacial score (nSPS) is 33.0. The van der Waals surface area contributed by atoms with E-state index in [1.807, 2.05) is 0 Å². The van der Waals surface area contributed by atoms with Gasteiger partial charge in [-0.05, 0) is 19.4 Å². The lowest BCUT2D eigenvalue weighted by Gasteiger charge is -2.24. The van der Waals surface area contributed by atoms with Crippen LogP contribution in [-0.4, -0.2) is 60.3 Å². The van der Waals surface area contributed by atoms with Gasteiger partial charge in [-0.3, -0.25) is 4.79 Å². The number of nitrogens with zero attached hydrogens (tertiary/aromatic N) is 1. The number of carboxylic acids is 1. The van der Waals surface area contributed by atoms with Crippen LogP contribution in [0.5, 0.6) is 0 Å². The molecule has 0 bridgehead atoms. The van der Waals surface area contributed by atoms with Crippen molar-refractivity contribution in [2.24, 2.45) is 0 Å². The summed E-state index contributed by atoms with van der Waals surface area (Å²) in [6.07, 6.45) is 1.97. The van der Waals surface area contributed by atoms with Crippen LogP contribution in [-0.2, 0) is 14.3 Å². The SMILES string of the molecule is COC1CC(C(=O)O)N(C(=O)C2CCCN2)C1. The van der Waals surface area contributed by atoms with Gasteiger partial charge >= 0.3 is 5.97 Å². The summed E-state index contributed by atoms with van der Waals surface area (Å²) in [5.74, 6) is -1.05. The molecule has 2 N–H and O–H groups in total. The van der Waals surface area contributed by atoms with Crippen LogP contribution in [0.4, 0.5) is 0 Å². The summed E-state index contributed by atoms with van der Waals surface area (Å²) in [4.78, 5) is 24.7. The number of aliphatic carboxylic acids is 1. The number of nitrogens with one attached hydrogen (secondary N) is 1. The standard InChI is InChI=1S/C11H18N2O4/c1-17-7-5-9(11(15)16)13(6-7)10(14)8-3-2-4-12-8/h7-9,12H,2-6H2,1H3,(H,15,16). The second kappa shape index (κ2) is 5.01. The molecule has 0 spiro atoms. The van der Waals surface area contributed by atoms with Crippen LogP contribution in [0.3, 0.4) is 0 Å². The molecule has 2 fully saturated rings. The van der Waals surface area contributed by atoms with Crippen molar-refractivity contribution < 1.29 is 19.4 Å². The van der Waals surface area contributed by atoms with Gasteiger partial charge in [-0.2, -0.15) is 0 Å². The molecule has 1 amide bonds. The molecule has 0 aromatic rings. The van der Waals surface area contributed by atoms with E-state index in [1.54, 1.807) is 7.11 Å². The van der Waals surface area contributed by atoms with E-state index < -0.39 is 12.0 Å². The van der Waals surface area contributed by atoms with Gasteiger partial charge in [0, 0.05) is 20.1 Å². The minimum atomic E-state index is -0.948. The summed E-state index contributed by atoms with van der Waals surface area (Å²) in [7, 11) is 1.55. The van der Waals surface area contributed by atoms with Crippen molar-refractivity contribution in [3.05, 3.63) is 0 Å². The molecule has 17 heavy (non-hydrogen) atoms. The van der Waals surface area contributed by atoms with Gasteiger partial charge in [0.1, 0.15) is 6.04 Å². The van der Waals surface area contributed by atoms with Crippen LogP contribution in [0.2, 0.25) is 0 Å². The van der Waals surface area contributed by atoms with E-state index in [1.165, 1.54) is 4.90 Å². The molecule has 96 valence electrons. The zero-order valence-corrected chi connectivity index (χ0v) is 9.89. The summed E-state index contributed by atoms with van der Waals surface area (Å²) in [6.45, 7) is 1.21. The van der Waals surface area contributed by atoms with Crippen LogP contribution >= 0.6 is 0 Å². The Morgan fingerprint density at radius 2 is 2.24 bits per heavy atom. The van der Waals surface area contributed by atoms with E-state index in [-0.39, 0.29) is 18.1 Å². The number of hydrogen-bond acceptors (Lipinski definition) is 4. The first-order valence-corrected chi connectivity index (χ1v) is 5.93. The Morgan fingerprint density at radius 1 is 1.47 bits per heavy atom. The lowest BCUT2D eigenvalue weighted by Crippen LogP contribution is -2.48. The van der Waals surface area contributed by atoms with E-state index in [2.05, 4.69) is 5.32 Å². The van der Waals surface area contributed by atoms with Crippen molar-refractivity contribution in [1.82, 2.24) is 10.2 Å². The molecular weight excluding hydrogens is 224 g/mol. The second-order valence-electron chi connectivity index (χ2n) is 4.59.